The summed E-state index contributed by atoms with van der Waals surface area (Å²) in [7, 11) is 0. The minimum atomic E-state index is 0.106. The number of nitrogens with zero attached hydrogens (tertiary/aromatic N) is 3. The fourth-order valence-corrected chi connectivity index (χ4v) is 2.69. The fourth-order valence-electron chi connectivity index (χ4n) is 2.69. The van der Waals surface area contributed by atoms with E-state index in [-0.39, 0.29) is 11.8 Å². The van der Waals surface area contributed by atoms with Crippen molar-refractivity contribution in [2.24, 2.45) is 11.8 Å². The predicted molar refractivity (Wildman–Crippen MR) is 61.1 cm³/mol. The van der Waals surface area contributed by atoms with E-state index in [4.69, 9.17) is 9.78 Å². The third kappa shape index (κ3) is 2.06. The smallest absolute Gasteiger partial charge is 0.231 e. The lowest BCUT2D eigenvalue weighted by Crippen LogP contribution is -2.11. The zero-order valence-corrected chi connectivity index (χ0v) is 10.1. The van der Waals surface area contributed by atoms with Gasteiger partial charge in [0.1, 0.15) is 0 Å². The second kappa shape index (κ2) is 4.14. The van der Waals surface area contributed by atoms with Gasteiger partial charge < -0.3 is 4.52 Å². The van der Waals surface area contributed by atoms with Gasteiger partial charge in [0.25, 0.3) is 0 Å². The molecular weight excluding hydrogens is 214 g/mol. The lowest BCUT2D eigenvalue weighted by Gasteiger charge is -2.23. The van der Waals surface area contributed by atoms with Crippen molar-refractivity contribution in [2.75, 3.05) is 0 Å². The van der Waals surface area contributed by atoms with Gasteiger partial charge in [-0.05, 0) is 25.2 Å². The van der Waals surface area contributed by atoms with Crippen LogP contribution in [0.5, 0.6) is 0 Å². The summed E-state index contributed by atoms with van der Waals surface area (Å²) in [5, 5.41) is 12.9. The Hall–Kier alpha value is -1.37. The molecule has 1 aromatic heterocycles. The molecule has 2 aliphatic carbocycles. The molecule has 0 saturated heterocycles. The largest absolute Gasteiger partial charge is 0.339 e. The van der Waals surface area contributed by atoms with E-state index in [0.717, 1.165) is 18.2 Å². The molecule has 3 rings (SSSR count). The van der Waals surface area contributed by atoms with Crippen LogP contribution < -0.4 is 0 Å². The van der Waals surface area contributed by atoms with Crippen LogP contribution in [0, 0.1) is 23.2 Å². The number of hydrogen-bond acceptors (Lipinski definition) is 4. The number of nitriles is 1. The van der Waals surface area contributed by atoms with Crippen LogP contribution in [0.25, 0.3) is 0 Å². The summed E-state index contributed by atoms with van der Waals surface area (Å²) in [6.07, 6.45) is 5.76. The van der Waals surface area contributed by atoms with Gasteiger partial charge >= 0.3 is 0 Å². The van der Waals surface area contributed by atoms with Crippen molar-refractivity contribution in [1.82, 2.24) is 10.1 Å². The zero-order chi connectivity index (χ0) is 11.8. The molecule has 4 nitrogen and oxygen atoms in total. The molecule has 0 amide bonds. The second-order valence-electron chi connectivity index (χ2n) is 5.53. The van der Waals surface area contributed by atoms with Crippen molar-refractivity contribution in [3.63, 3.8) is 0 Å². The summed E-state index contributed by atoms with van der Waals surface area (Å²) in [5.74, 6) is 3.19. The van der Waals surface area contributed by atoms with E-state index in [9.17, 15) is 0 Å². The van der Waals surface area contributed by atoms with E-state index in [1.165, 1.54) is 25.7 Å². The summed E-state index contributed by atoms with van der Waals surface area (Å²) < 4.78 is 5.29. The van der Waals surface area contributed by atoms with E-state index in [1.54, 1.807) is 0 Å². The van der Waals surface area contributed by atoms with Gasteiger partial charge in [-0.25, -0.2) is 0 Å². The van der Waals surface area contributed by atoms with Crippen LogP contribution in [0.1, 0.15) is 62.6 Å². The molecule has 0 N–H and O–H groups in total. The Morgan fingerprint density at radius 2 is 2.06 bits per heavy atom. The first-order chi connectivity index (χ1) is 8.28. The van der Waals surface area contributed by atoms with Crippen molar-refractivity contribution < 1.29 is 4.52 Å². The monoisotopic (exact) mass is 231 g/mol. The first-order valence-corrected chi connectivity index (χ1v) is 6.51. The molecule has 90 valence electrons. The highest BCUT2D eigenvalue weighted by molar-refractivity contribution is 5.16. The molecule has 1 aromatic rings. The van der Waals surface area contributed by atoms with Gasteiger partial charge in [-0.3, -0.25) is 0 Å². The molecule has 17 heavy (non-hydrogen) atoms. The highest BCUT2D eigenvalue weighted by Gasteiger charge is 2.43. The molecule has 0 radical (unpaired) electrons. The Kier molecular flexibility index (Phi) is 2.62. The quantitative estimate of drug-likeness (QED) is 0.785. The van der Waals surface area contributed by atoms with Crippen molar-refractivity contribution >= 4 is 0 Å². The maximum absolute atomic E-state index is 8.78. The number of hydrogen-bond donors (Lipinski definition) is 0. The lowest BCUT2D eigenvalue weighted by atomic mass is 9.83. The Morgan fingerprint density at radius 1 is 1.29 bits per heavy atom. The van der Waals surface area contributed by atoms with Gasteiger partial charge in [0, 0.05) is 5.92 Å². The van der Waals surface area contributed by atoms with Gasteiger partial charge in [-0.1, -0.05) is 24.9 Å². The van der Waals surface area contributed by atoms with Crippen LogP contribution in [-0.4, -0.2) is 10.1 Å². The minimum Gasteiger partial charge on any atom is -0.339 e. The Balaban J connectivity index is 1.67. The maximum atomic E-state index is 8.78. The Labute approximate surface area is 101 Å². The highest BCUT2D eigenvalue weighted by Crippen LogP contribution is 2.46. The summed E-state index contributed by atoms with van der Waals surface area (Å²) in [6, 6.07) is 2.25. The van der Waals surface area contributed by atoms with Gasteiger partial charge in [0.15, 0.2) is 5.82 Å². The molecule has 2 fully saturated rings. The van der Waals surface area contributed by atoms with Gasteiger partial charge in [-0.2, -0.15) is 10.2 Å². The van der Waals surface area contributed by atoms with E-state index >= 15 is 0 Å². The highest BCUT2D eigenvalue weighted by atomic mass is 16.5. The average molecular weight is 231 g/mol. The topological polar surface area (TPSA) is 62.7 Å². The normalized spacial score (nSPS) is 36.5. The molecular formula is C13H17N3O. The first-order valence-electron chi connectivity index (χ1n) is 6.51. The molecule has 2 unspecified atom stereocenters. The van der Waals surface area contributed by atoms with E-state index < -0.39 is 0 Å². The van der Waals surface area contributed by atoms with Gasteiger partial charge in [0.05, 0.1) is 17.9 Å². The molecule has 1 heterocycles. The van der Waals surface area contributed by atoms with Gasteiger partial charge in [-0.15, -0.1) is 0 Å². The molecule has 2 saturated carbocycles. The second-order valence-corrected chi connectivity index (χ2v) is 5.53. The van der Waals surface area contributed by atoms with Crippen LogP contribution in [-0.2, 0) is 0 Å². The van der Waals surface area contributed by atoms with E-state index in [2.05, 4.69) is 23.1 Å². The number of rotatable bonds is 2. The van der Waals surface area contributed by atoms with Crippen LogP contribution in [0.4, 0.5) is 0 Å². The molecule has 0 bridgehead atoms. The fraction of sp³-hybridized carbons (Fsp3) is 0.769. The van der Waals surface area contributed by atoms with Crippen molar-refractivity contribution in [2.45, 2.75) is 50.9 Å². The summed E-state index contributed by atoms with van der Waals surface area (Å²) >= 11 is 0. The average Bonchev–Trinajstić information content (AvgIpc) is 2.99. The zero-order valence-electron chi connectivity index (χ0n) is 10.1. The maximum Gasteiger partial charge on any atom is 0.231 e. The molecule has 0 spiro atoms. The van der Waals surface area contributed by atoms with Crippen LogP contribution in [0.15, 0.2) is 4.52 Å². The van der Waals surface area contributed by atoms with E-state index in [1.807, 2.05) is 0 Å². The van der Waals surface area contributed by atoms with Crippen molar-refractivity contribution in [3.05, 3.63) is 11.7 Å². The molecule has 2 aliphatic rings. The van der Waals surface area contributed by atoms with Gasteiger partial charge in [0.2, 0.25) is 5.89 Å². The molecule has 4 heteroatoms. The van der Waals surface area contributed by atoms with Crippen LogP contribution in [0.3, 0.4) is 0 Å². The van der Waals surface area contributed by atoms with E-state index in [0.29, 0.717) is 11.8 Å². The summed E-state index contributed by atoms with van der Waals surface area (Å²) in [4.78, 5) is 4.49. The van der Waals surface area contributed by atoms with Crippen LogP contribution >= 0.6 is 0 Å². The molecule has 0 aliphatic heterocycles. The summed E-state index contributed by atoms with van der Waals surface area (Å²) in [6.45, 7) is 2.31. The summed E-state index contributed by atoms with van der Waals surface area (Å²) in [5.41, 5.74) is 0. The third-order valence-corrected chi connectivity index (χ3v) is 4.11. The SMILES string of the molecule is CC1CCC(c2noc(C3CC3C#N)n2)CC1. The Morgan fingerprint density at radius 3 is 2.71 bits per heavy atom. The predicted octanol–water partition coefficient (Wildman–Crippen LogP) is 2.99. The standard InChI is InChI=1S/C13H17N3O/c1-8-2-4-9(5-3-8)12-15-13(17-16-12)11-6-10(11)7-14/h8-11H,2-6H2,1H3. The lowest BCUT2D eigenvalue weighted by molar-refractivity contribution is 0.323. The van der Waals surface area contributed by atoms with Crippen molar-refractivity contribution in [3.8, 4) is 6.07 Å². The third-order valence-electron chi connectivity index (χ3n) is 4.11. The molecule has 0 aromatic carbocycles. The number of aromatic nitrogens is 2. The van der Waals surface area contributed by atoms with Crippen LogP contribution in [0.2, 0.25) is 0 Å². The minimum absolute atomic E-state index is 0.106. The Bertz CT molecular complexity index is 440. The molecule has 2 atom stereocenters. The first kappa shape index (κ1) is 10.8. The van der Waals surface area contributed by atoms with Crippen molar-refractivity contribution in [1.29, 1.82) is 5.26 Å².